The lowest BCUT2D eigenvalue weighted by atomic mass is 9.43. The number of halogens is 2. The third-order valence-corrected chi connectivity index (χ3v) is 12.6. The monoisotopic (exact) mass is 528 g/mol. The quantitative estimate of drug-likeness (QED) is 0.400. The number of aliphatic hydroxyl groups excluding tert-OH is 2. The SMILES string of the molecule is Cc1c(F)c(C)c2nc(CCC(C)[C@H]3CC[C@H]4[C@H]5C(CC[C@]34C)[C@@]3(C)CC[C@@H](O)C[C@H]3C[C@H]5O)[nH]c2c1F. The van der Waals surface area contributed by atoms with Crippen molar-refractivity contribution in [2.75, 3.05) is 0 Å². The molecule has 210 valence electrons. The molecule has 4 aliphatic rings. The summed E-state index contributed by atoms with van der Waals surface area (Å²) in [6, 6.07) is 0. The van der Waals surface area contributed by atoms with Gasteiger partial charge in [0, 0.05) is 17.5 Å². The molecular weight excluding hydrogens is 482 g/mol. The number of nitrogens with one attached hydrogen (secondary N) is 1. The van der Waals surface area contributed by atoms with E-state index in [0.717, 1.165) is 44.3 Å². The maximum atomic E-state index is 14.7. The number of H-pyrrole nitrogens is 1. The number of hydrogen-bond acceptors (Lipinski definition) is 3. The minimum atomic E-state index is -0.535. The Morgan fingerprint density at radius 3 is 2.42 bits per heavy atom. The summed E-state index contributed by atoms with van der Waals surface area (Å²) in [4.78, 5) is 7.76. The molecule has 4 nitrogen and oxygen atoms in total. The fourth-order valence-corrected chi connectivity index (χ4v) is 10.4. The van der Waals surface area contributed by atoms with Crippen LogP contribution in [0.4, 0.5) is 8.78 Å². The van der Waals surface area contributed by atoms with Gasteiger partial charge in [-0.25, -0.2) is 13.8 Å². The molecule has 1 aromatic heterocycles. The minimum absolute atomic E-state index is 0.0496. The number of aliphatic hydroxyl groups is 2. The summed E-state index contributed by atoms with van der Waals surface area (Å²) < 4.78 is 29.1. The van der Waals surface area contributed by atoms with E-state index in [0.29, 0.717) is 52.1 Å². The van der Waals surface area contributed by atoms with Gasteiger partial charge in [0.15, 0.2) is 5.82 Å². The first-order chi connectivity index (χ1) is 18.0. The van der Waals surface area contributed by atoms with Gasteiger partial charge in [0.05, 0.1) is 17.7 Å². The van der Waals surface area contributed by atoms with Crippen LogP contribution in [0.25, 0.3) is 11.0 Å². The molecule has 1 heterocycles. The van der Waals surface area contributed by atoms with Gasteiger partial charge in [-0.1, -0.05) is 20.8 Å². The number of fused-ring (bicyclic) bond motifs is 6. The van der Waals surface area contributed by atoms with E-state index in [4.69, 9.17) is 0 Å². The van der Waals surface area contributed by atoms with Crippen molar-refractivity contribution in [1.82, 2.24) is 9.97 Å². The normalized spacial score (nSPS) is 41.6. The molecule has 0 saturated heterocycles. The number of imidazole rings is 1. The summed E-state index contributed by atoms with van der Waals surface area (Å²) in [7, 11) is 0. The molecule has 4 saturated carbocycles. The third-order valence-electron chi connectivity index (χ3n) is 12.6. The van der Waals surface area contributed by atoms with Crippen LogP contribution in [0, 0.1) is 71.8 Å². The van der Waals surface area contributed by atoms with Gasteiger partial charge in [-0.05, 0) is 118 Å². The van der Waals surface area contributed by atoms with Crippen LogP contribution in [0.1, 0.15) is 95.5 Å². The second kappa shape index (κ2) is 9.26. The number of benzene rings is 1. The highest BCUT2D eigenvalue weighted by molar-refractivity contribution is 5.80. The van der Waals surface area contributed by atoms with Crippen LogP contribution in [-0.4, -0.2) is 32.4 Å². The van der Waals surface area contributed by atoms with Crippen LogP contribution in [-0.2, 0) is 6.42 Å². The Bertz CT molecular complexity index is 1180. The zero-order valence-corrected chi connectivity index (χ0v) is 23.8. The topological polar surface area (TPSA) is 69.1 Å². The first-order valence-electron chi connectivity index (χ1n) is 15.1. The highest BCUT2D eigenvalue weighted by atomic mass is 19.1. The Morgan fingerprint density at radius 2 is 1.66 bits per heavy atom. The standard InChI is InChI=1S/C32H46F2N2O2/c1-16(6-9-25-35-29-18(3)27(33)17(2)28(34)30(29)36-25)21-7-8-22-26-23(11-13-32(21,22)5)31(4)12-10-20(37)14-19(31)15-24(26)38/h16,19-24,26,37-38H,6-15H2,1-5H3,(H,35,36)/t16?,19-,20+,21+,22-,23?,24+,26-,31-,32+/m0/s1. The molecule has 38 heavy (non-hydrogen) atoms. The van der Waals surface area contributed by atoms with Gasteiger partial charge in [-0.2, -0.15) is 0 Å². The largest absolute Gasteiger partial charge is 0.393 e. The van der Waals surface area contributed by atoms with Crippen LogP contribution < -0.4 is 0 Å². The van der Waals surface area contributed by atoms with Crippen molar-refractivity contribution in [1.29, 1.82) is 0 Å². The Balaban J connectivity index is 1.18. The second-order valence-corrected chi connectivity index (χ2v) is 14.3. The molecule has 10 atom stereocenters. The summed E-state index contributed by atoms with van der Waals surface area (Å²) in [6.45, 7) is 10.5. The van der Waals surface area contributed by atoms with Crippen molar-refractivity contribution in [3.05, 3.63) is 28.6 Å². The molecule has 6 heteroatoms. The Hall–Kier alpha value is -1.53. The van der Waals surface area contributed by atoms with Crippen molar-refractivity contribution in [2.24, 2.45) is 46.3 Å². The van der Waals surface area contributed by atoms with Crippen molar-refractivity contribution in [3.8, 4) is 0 Å². The Morgan fingerprint density at radius 1 is 0.947 bits per heavy atom. The summed E-state index contributed by atoms with van der Waals surface area (Å²) >= 11 is 0. The molecule has 4 aliphatic carbocycles. The van der Waals surface area contributed by atoms with E-state index in [2.05, 4.69) is 30.7 Å². The predicted octanol–water partition coefficient (Wildman–Crippen LogP) is 7.02. The van der Waals surface area contributed by atoms with Gasteiger partial charge in [0.1, 0.15) is 17.2 Å². The van der Waals surface area contributed by atoms with Gasteiger partial charge >= 0.3 is 0 Å². The minimum Gasteiger partial charge on any atom is -0.393 e. The molecule has 2 aromatic rings. The first kappa shape index (κ1) is 26.7. The average molecular weight is 529 g/mol. The average Bonchev–Trinajstić information content (AvgIpc) is 3.47. The Labute approximate surface area is 226 Å². The highest BCUT2D eigenvalue weighted by Crippen LogP contribution is 2.68. The highest BCUT2D eigenvalue weighted by Gasteiger charge is 2.62. The summed E-state index contributed by atoms with van der Waals surface area (Å²) in [5.41, 5.74) is 1.67. The molecule has 2 unspecified atom stereocenters. The molecule has 0 bridgehead atoms. The van der Waals surface area contributed by atoms with Crippen molar-refractivity contribution < 1.29 is 19.0 Å². The molecule has 3 N–H and O–H groups in total. The molecule has 0 radical (unpaired) electrons. The molecule has 0 spiro atoms. The molecular formula is C32H46F2N2O2. The number of aromatic amines is 1. The van der Waals surface area contributed by atoms with E-state index in [1.165, 1.54) is 32.6 Å². The molecule has 4 fully saturated rings. The second-order valence-electron chi connectivity index (χ2n) is 14.3. The number of aryl methyl sites for hydroxylation is 2. The fourth-order valence-electron chi connectivity index (χ4n) is 10.4. The van der Waals surface area contributed by atoms with Gasteiger partial charge < -0.3 is 15.2 Å². The van der Waals surface area contributed by atoms with Crippen molar-refractivity contribution in [2.45, 2.75) is 111 Å². The van der Waals surface area contributed by atoms with Crippen molar-refractivity contribution >= 4 is 11.0 Å². The van der Waals surface area contributed by atoms with Gasteiger partial charge in [0.25, 0.3) is 0 Å². The zero-order chi connectivity index (χ0) is 27.1. The van der Waals surface area contributed by atoms with Crippen LogP contribution >= 0.6 is 0 Å². The van der Waals surface area contributed by atoms with Crippen molar-refractivity contribution in [3.63, 3.8) is 0 Å². The maximum absolute atomic E-state index is 14.7. The zero-order valence-electron chi connectivity index (χ0n) is 23.8. The van der Waals surface area contributed by atoms with Gasteiger partial charge in [-0.15, -0.1) is 0 Å². The summed E-state index contributed by atoms with van der Waals surface area (Å²) in [5, 5.41) is 21.8. The number of aromatic nitrogens is 2. The smallest absolute Gasteiger partial charge is 0.154 e. The molecule has 0 amide bonds. The van der Waals surface area contributed by atoms with E-state index < -0.39 is 11.6 Å². The number of nitrogens with zero attached hydrogens (tertiary/aromatic N) is 1. The van der Waals surface area contributed by atoms with Crippen LogP contribution in [0.2, 0.25) is 0 Å². The maximum Gasteiger partial charge on any atom is 0.154 e. The molecule has 0 aliphatic heterocycles. The number of hydrogen-bond donors (Lipinski definition) is 3. The van der Waals surface area contributed by atoms with E-state index in [9.17, 15) is 19.0 Å². The number of rotatable bonds is 4. The van der Waals surface area contributed by atoms with E-state index >= 15 is 0 Å². The van der Waals surface area contributed by atoms with Gasteiger partial charge in [0.2, 0.25) is 0 Å². The third kappa shape index (κ3) is 3.83. The lowest BCUT2D eigenvalue weighted by Gasteiger charge is -2.62. The fraction of sp³-hybridized carbons (Fsp3) is 0.781. The van der Waals surface area contributed by atoms with E-state index in [1.54, 1.807) is 6.92 Å². The Kier molecular flexibility index (Phi) is 6.50. The van der Waals surface area contributed by atoms with E-state index in [1.807, 2.05) is 0 Å². The van der Waals surface area contributed by atoms with Crippen LogP contribution in [0.15, 0.2) is 0 Å². The molecule has 1 aromatic carbocycles. The summed E-state index contributed by atoms with van der Waals surface area (Å²) in [6.07, 6.45) is 9.76. The van der Waals surface area contributed by atoms with E-state index in [-0.39, 0.29) is 28.6 Å². The summed E-state index contributed by atoms with van der Waals surface area (Å²) in [5.74, 6) is 2.73. The first-order valence-corrected chi connectivity index (χ1v) is 15.1. The predicted molar refractivity (Wildman–Crippen MR) is 146 cm³/mol. The van der Waals surface area contributed by atoms with Crippen LogP contribution in [0.5, 0.6) is 0 Å². The lowest BCUT2D eigenvalue weighted by Crippen LogP contribution is -2.58. The molecule has 6 rings (SSSR count). The lowest BCUT2D eigenvalue weighted by molar-refractivity contribution is -0.174. The van der Waals surface area contributed by atoms with Gasteiger partial charge in [-0.3, -0.25) is 0 Å². The van der Waals surface area contributed by atoms with Crippen LogP contribution in [0.3, 0.4) is 0 Å².